The quantitative estimate of drug-likeness (QED) is 0.711. The third-order valence-electron chi connectivity index (χ3n) is 2.56. The van der Waals surface area contributed by atoms with Crippen molar-refractivity contribution in [1.29, 1.82) is 0 Å². The highest BCUT2D eigenvalue weighted by molar-refractivity contribution is 5.87. The van der Waals surface area contributed by atoms with Crippen LogP contribution in [0, 0.1) is 0 Å². The van der Waals surface area contributed by atoms with Crippen molar-refractivity contribution in [3.63, 3.8) is 0 Å². The average molecular weight is 177 g/mol. The second kappa shape index (κ2) is 2.83. The second-order valence-electron chi connectivity index (χ2n) is 3.51. The lowest BCUT2D eigenvalue weighted by Gasteiger charge is -2.02. The van der Waals surface area contributed by atoms with E-state index in [4.69, 9.17) is 5.11 Å². The van der Waals surface area contributed by atoms with Crippen LogP contribution in [0.4, 0.5) is 0 Å². The molecule has 68 valence electrons. The molecule has 2 rings (SSSR count). The number of carboxylic acids is 1. The van der Waals surface area contributed by atoms with Gasteiger partial charge >= 0.3 is 5.97 Å². The van der Waals surface area contributed by atoms with Crippen LogP contribution in [0.3, 0.4) is 0 Å². The maximum atomic E-state index is 10.6. The number of carboxylic acid groups (broad SMARTS) is 1. The number of nitrogens with zero attached hydrogens (tertiary/aromatic N) is 1. The minimum atomic E-state index is -0.894. The Hall–Kier alpha value is -1.38. The van der Waals surface area contributed by atoms with Gasteiger partial charge in [-0.15, -0.1) is 0 Å². The van der Waals surface area contributed by atoms with Gasteiger partial charge in [0.1, 0.15) is 0 Å². The van der Waals surface area contributed by atoms with Crippen molar-refractivity contribution >= 4 is 5.97 Å². The summed E-state index contributed by atoms with van der Waals surface area (Å²) in [5.41, 5.74) is 2.48. The zero-order chi connectivity index (χ0) is 9.42. The molecule has 3 nitrogen and oxygen atoms in total. The number of hydrogen-bond acceptors (Lipinski definition) is 2. The van der Waals surface area contributed by atoms with Crippen LogP contribution in [0.5, 0.6) is 0 Å². The topological polar surface area (TPSA) is 50.2 Å². The molecule has 1 heterocycles. The Morgan fingerprint density at radius 3 is 3.15 bits per heavy atom. The summed E-state index contributed by atoms with van der Waals surface area (Å²) in [6.45, 7) is 2.12. The van der Waals surface area contributed by atoms with E-state index in [1.54, 1.807) is 6.07 Å². The summed E-state index contributed by atoms with van der Waals surface area (Å²) in [6, 6.07) is 1.74. The maximum Gasteiger partial charge on any atom is 0.337 e. The molecule has 1 aliphatic carbocycles. The molecule has 1 N–H and O–H groups in total. The first-order valence-electron chi connectivity index (χ1n) is 4.40. The molecule has 0 fully saturated rings. The first-order chi connectivity index (χ1) is 6.18. The Bertz CT molecular complexity index is 360. The molecule has 1 unspecified atom stereocenters. The van der Waals surface area contributed by atoms with E-state index in [1.807, 2.05) is 0 Å². The summed E-state index contributed by atoms with van der Waals surface area (Å²) in [4.78, 5) is 14.8. The minimum Gasteiger partial charge on any atom is -0.478 e. The van der Waals surface area contributed by atoms with Gasteiger partial charge in [-0.1, -0.05) is 6.92 Å². The SMILES string of the molecule is CC1CCc2cc(C(=O)O)cnc21. The summed E-state index contributed by atoms with van der Waals surface area (Å²) in [7, 11) is 0. The number of aromatic nitrogens is 1. The molecular formula is C10H11NO2. The van der Waals surface area contributed by atoms with Gasteiger partial charge in [-0.2, -0.15) is 0 Å². The van der Waals surface area contributed by atoms with Gasteiger partial charge in [-0.3, -0.25) is 4.98 Å². The molecule has 3 heteroatoms. The largest absolute Gasteiger partial charge is 0.478 e. The van der Waals surface area contributed by atoms with Crippen molar-refractivity contribution in [3.05, 3.63) is 29.1 Å². The summed E-state index contributed by atoms with van der Waals surface area (Å²) < 4.78 is 0. The fourth-order valence-corrected chi connectivity index (χ4v) is 1.79. The number of pyridine rings is 1. The zero-order valence-corrected chi connectivity index (χ0v) is 7.45. The van der Waals surface area contributed by atoms with Gasteiger partial charge in [0.15, 0.2) is 0 Å². The number of rotatable bonds is 1. The minimum absolute atomic E-state index is 0.299. The number of hydrogen-bond donors (Lipinski definition) is 1. The summed E-state index contributed by atoms with van der Waals surface area (Å²) in [5.74, 6) is -0.410. The van der Waals surface area contributed by atoms with Crippen molar-refractivity contribution in [2.45, 2.75) is 25.7 Å². The molecule has 1 aromatic rings. The monoisotopic (exact) mass is 177 g/mol. The number of fused-ring (bicyclic) bond motifs is 1. The van der Waals surface area contributed by atoms with Gasteiger partial charge in [0.2, 0.25) is 0 Å². The van der Waals surface area contributed by atoms with Crippen molar-refractivity contribution in [2.75, 3.05) is 0 Å². The van der Waals surface area contributed by atoms with E-state index in [-0.39, 0.29) is 0 Å². The first-order valence-corrected chi connectivity index (χ1v) is 4.40. The summed E-state index contributed by atoms with van der Waals surface area (Å²) in [6.07, 6.45) is 3.50. The van der Waals surface area contributed by atoms with Gasteiger partial charge in [0.05, 0.1) is 5.56 Å². The third-order valence-corrected chi connectivity index (χ3v) is 2.56. The molecule has 0 saturated heterocycles. The van der Waals surface area contributed by atoms with Crippen molar-refractivity contribution in [1.82, 2.24) is 4.98 Å². The highest BCUT2D eigenvalue weighted by Crippen LogP contribution is 2.30. The van der Waals surface area contributed by atoms with Crippen molar-refractivity contribution in [2.24, 2.45) is 0 Å². The Balaban J connectivity index is 2.45. The molecule has 0 amide bonds. The molecule has 0 bridgehead atoms. The Labute approximate surface area is 76.4 Å². The summed E-state index contributed by atoms with van der Waals surface area (Å²) >= 11 is 0. The second-order valence-corrected chi connectivity index (χ2v) is 3.51. The van der Waals surface area contributed by atoms with Crippen molar-refractivity contribution in [3.8, 4) is 0 Å². The Morgan fingerprint density at radius 1 is 1.69 bits per heavy atom. The highest BCUT2D eigenvalue weighted by Gasteiger charge is 2.20. The highest BCUT2D eigenvalue weighted by atomic mass is 16.4. The molecule has 0 spiro atoms. The van der Waals surface area contributed by atoms with Crippen molar-refractivity contribution < 1.29 is 9.90 Å². The van der Waals surface area contributed by atoms with Gasteiger partial charge in [-0.05, 0) is 30.4 Å². The van der Waals surface area contributed by atoms with Crippen LogP contribution >= 0.6 is 0 Å². The molecular weight excluding hydrogens is 166 g/mol. The molecule has 13 heavy (non-hydrogen) atoms. The van der Waals surface area contributed by atoms with E-state index in [1.165, 1.54) is 6.20 Å². The van der Waals surface area contributed by atoms with E-state index >= 15 is 0 Å². The van der Waals surface area contributed by atoms with E-state index in [0.717, 1.165) is 24.1 Å². The first kappa shape index (κ1) is 8.23. The Kier molecular flexibility index (Phi) is 1.79. The lowest BCUT2D eigenvalue weighted by Crippen LogP contribution is -2.00. The smallest absolute Gasteiger partial charge is 0.337 e. The molecule has 1 atom stereocenters. The van der Waals surface area contributed by atoms with E-state index in [0.29, 0.717) is 11.5 Å². The third kappa shape index (κ3) is 1.30. The standard InChI is InChI=1S/C10H11NO2/c1-6-2-3-7-4-8(10(12)13)5-11-9(6)7/h4-6H,2-3H2,1H3,(H,12,13). The normalized spacial score (nSPS) is 19.9. The fraction of sp³-hybridized carbons (Fsp3) is 0.400. The molecule has 1 aromatic heterocycles. The van der Waals surface area contributed by atoms with Crippen LogP contribution in [-0.4, -0.2) is 16.1 Å². The van der Waals surface area contributed by atoms with E-state index in [2.05, 4.69) is 11.9 Å². The van der Waals surface area contributed by atoms with E-state index in [9.17, 15) is 4.79 Å². The molecule has 0 radical (unpaired) electrons. The number of aromatic carboxylic acids is 1. The lowest BCUT2D eigenvalue weighted by atomic mass is 10.1. The Morgan fingerprint density at radius 2 is 2.46 bits per heavy atom. The molecule has 0 aliphatic heterocycles. The predicted molar refractivity (Wildman–Crippen MR) is 47.9 cm³/mol. The van der Waals surface area contributed by atoms with Crippen LogP contribution in [0.25, 0.3) is 0 Å². The number of carbonyl (C=O) groups is 1. The maximum absolute atomic E-state index is 10.6. The molecule has 0 aromatic carbocycles. The molecule has 1 aliphatic rings. The lowest BCUT2D eigenvalue weighted by molar-refractivity contribution is 0.0696. The van der Waals surface area contributed by atoms with Crippen LogP contribution in [-0.2, 0) is 6.42 Å². The van der Waals surface area contributed by atoms with Crippen LogP contribution < -0.4 is 0 Å². The fourth-order valence-electron chi connectivity index (χ4n) is 1.79. The van der Waals surface area contributed by atoms with Gasteiger partial charge in [0, 0.05) is 11.9 Å². The van der Waals surface area contributed by atoms with Gasteiger partial charge in [-0.25, -0.2) is 4.79 Å². The van der Waals surface area contributed by atoms with Crippen LogP contribution in [0.15, 0.2) is 12.3 Å². The van der Waals surface area contributed by atoms with E-state index < -0.39 is 5.97 Å². The predicted octanol–water partition coefficient (Wildman–Crippen LogP) is 1.83. The van der Waals surface area contributed by atoms with Gasteiger partial charge in [0.25, 0.3) is 0 Å². The average Bonchev–Trinajstić information content (AvgIpc) is 2.47. The molecule has 0 saturated carbocycles. The zero-order valence-electron chi connectivity index (χ0n) is 7.45. The number of aryl methyl sites for hydroxylation is 1. The van der Waals surface area contributed by atoms with Crippen LogP contribution in [0.2, 0.25) is 0 Å². The summed E-state index contributed by atoms with van der Waals surface area (Å²) in [5, 5.41) is 8.74. The van der Waals surface area contributed by atoms with Crippen LogP contribution in [0.1, 0.15) is 40.9 Å². The van der Waals surface area contributed by atoms with Gasteiger partial charge < -0.3 is 5.11 Å².